The van der Waals surface area contributed by atoms with Crippen LogP contribution < -0.4 is 10.1 Å². The van der Waals surface area contributed by atoms with Gasteiger partial charge < -0.3 is 10.1 Å². The molecule has 1 amide bonds. The Balaban J connectivity index is 1.57. The largest absolute Gasteiger partial charge is 0.495 e. The minimum absolute atomic E-state index is 0.0602. The van der Waals surface area contributed by atoms with Crippen molar-refractivity contribution in [3.05, 3.63) is 59.7 Å². The van der Waals surface area contributed by atoms with E-state index in [0.29, 0.717) is 25.2 Å². The second-order valence-electron chi connectivity index (χ2n) is 8.87. The number of hydrogen-bond donors (Lipinski definition) is 1. The molecule has 0 bridgehead atoms. The lowest BCUT2D eigenvalue weighted by Crippen LogP contribution is -2.42. The molecule has 7 heteroatoms. The smallest absolute Gasteiger partial charge is 0.251 e. The van der Waals surface area contributed by atoms with E-state index in [9.17, 15) is 13.2 Å². The number of sulfonamides is 1. The first-order valence-corrected chi connectivity index (χ1v) is 12.9. The van der Waals surface area contributed by atoms with E-state index in [1.807, 2.05) is 18.2 Å². The third-order valence-corrected chi connectivity index (χ3v) is 8.81. The average molecular weight is 457 g/mol. The number of carbonyl (C=O) groups is 1. The van der Waals surface area contributed by atoms with Crippen LogP contribution in [-0.4, -0.2) is 45.4 Å². The first-order valence-electron chi connectivity index (χ1n) is 11.5. The molecule has 2 aromatic rings. The van der Waals surface area contributed by atoms with Gasteiger partial charge in [0.1, 0.15) is 10.6 Å². The topological polar surface area (TPSA) is 75.7 Å². The minimum atomic E-state index is -3.70. The number of benzene rings is 2. The van der Waals surface area contributed by atoms with Crippen molar-refractivity contribution in [1.82, 2.24) is 9.62 Å². The zero-order chi connectivity index (χ0) is 22.6. The first-order chi connectivity index (χ1) is 15.5. The van der Waals surface area contributed by atoms with Crippen molar-refractivity contribution >= 4 is 15.9 Å². The Hall–Kier alpha value is -2.38. The lowest BCUT2D eigenvalue weighted by atomic mass is 9.69. The molecule has 0 atom stereocenters. The maximum Gasteiger partial charge on any atom is 0.251 e. The predicted octanol–water partition coefficient (Wildman–Crippen LogP) is 4.11. The van der Waals surface area contributed by atoms with Gasteiger partial charge in [-0.1, -0.05) is 49.6 Å². The van der Waals surface area contributed by atoms with Gasteiger partial charge in [0.2, 0.25) is 10.0 Å². The molecule has 0 spiro atoms. The van der Waals surface area contributed by atoms with Crippen molar-refractivity contribution in [2.24, 2.45) is 0 Å². The molecule has 0 radical (unpaired) electrons. The summed E-state index contributed by atoms with van der Waals surface area (Å²) in [6, 6.07) is 15.1. The molecule has 2 aliphatic rings. The number of ether oxygens (including phenoxy) is 1. The zero-order valence-electron chi connectivity index (χ0n) is 18.7. The Morgan fingerprint density at radius 3 is 2.34 bits per heavy atom. The maximum absolute atomic E-state index is 13.1. The number of methoxy groups -OCH3 is 1. The van der Waals surface area contributed by atoms with Gasteiger partial charge in [-0.3, -0.25) is 4.79 Å². The van der Waals surface area contributed by atoms with Gasteiger partial charge in [-0.05, 0) is 49.4 Å². The highest BCUT2D eigenvalue weighted by molar-refractivity contribution is 7.89. The van der Waals surface area contributed by atoms with E-state index in [1.54, 1.807) is 12.1 Å². The quantitative estimate of drug-likeness (QED) is 0.680. The third kappa shape index (κ3) is 4.55. The number of hydrogen-bond acceptors (Lipinski definition) is 4. The van der Waals surface area contributed by atoms with Crippen LogP contribution in [0.25, 0.3) is 0 Å². The Labute approximate surface area is 191 Å². The van der Waals surface area contributed by atoms with E-state index in [0.717, 1.165) is 38.5 Å². The monoisotopic (exact) mass is 456 g/mol. The summed E-state index contributed by atoms with van der Waals surface area (Å²) < 4.78 is 33.1. The number of nitrogens with zero attached hydrogens (tertiary/aromatic N) is 1. The molecule has 32 heavy (non-hydrogen) atoms. The van der Waals surface area contributed by atoms with E-state index in [1.165, 1.54) is 29.5 Å². The van der Waals surface area contributed by atoms with Crippen LogP contribution in [0.3, 0.4) is 0 Å². The molecule has 1 saturated heterocycles. The van der Waals surface area contributed by atoms with Gasteiger partial charge >= 0.3 is 0 Å². The van der Waals surface area contributed by atoms with Crippen molar-refractivity contribution in [3.63, 3.8) is 0 Å². The summed E-state index contributed by atoms with van der Waals surface area (Å²) >= 11 is 0. The standard InChI is InChI=1S/C25H32N2O4S/c1-31-22-13-12-20(18-23(22)32(29,30)27-16-8-9-17-27)24(28)26-19-25(14-6-3-7-15-25)21-10-4-2-5-11-21/h2,4-5,10-13,18H,3,6-9,14-17,19H2,1H3,(H,26,28). The summed E-state index contributed by atoms with van der Waals surface area (Å²) in [7, 11) is -2.25. The van der Waals surface area contributed by atoms with Gasteiger partial charge in [-0.2, -0.15) is 4.31 Å². The first kappa shape index (κ1) is 22.8. The third-order valence-electron chi connectivity index (χ3n) is 6.89. The van der Waals surface area contributed by atoms with Gasteiger partial charge in [0.05, 0.1) is 7.11 Å². The van der Waals surface area contributed by atoms with E-state index < -0.39 is 10.0 Å². The summed E-state index contributed by atoms with van der Waals surface area (Å²) in [5, 5.41) is 3.11. The Morgan fingerprint density at radius 1 is 1.00 bits per heavy atom. The Kier molecular flexibility index (Phi) is 6.86. The fourth-order valence-corrected chi connectivity index (χ4v) is 6.72. The van der Waals surface area contributed by atoms with Crippen molar-refractivity contribution in [2.75, 3.05) is 26.7 Å². The molecule has 1 heterocycles. The van der Waals surface area contributed by atoms with Crippen LogP contribution >= 0.6 is 0 Å². The maximum atomic E-state index is 13.1. The van der Waals surface area contributed by atoms with Crippen molar-refractivity contribution in [3.8, 4) is 5.75 Å². The molecule has 0 aromatic heterocycles. The van der Waals surface area contributed by atoms with Gasteiger partial charge in [0.25, 0.3) is 5.91 Å². The molecule has 1 aliphatic heterocycles. The lowest BCUT2D eigenvalue weighted by molar-refractivity contribution is 0.0936. The minimum Gasteiger partial charge on any atom is -0.495 e. The molecule has 0 unspecified atom stereocenters. The molecule has 2 aromatic carbocycles. The highest BCUT2D eigenvalue weighted by Gasteiger charge is 2.35. The van der Waals surface area contributed by atoms with E-state index in [-0.39, 0.29) is 22.0 Å². The van der Waals surface area contributed by atoms with Gasteiger partial charge in [-0.25, -0.2) is 8.42 Å². The summed E-state index contributed by atoms with van der Waals surface area (Å²) in [6.45, 7) is 1.54. The molecule has 2 fully saturated rings. The van der Waals surface area contributed by atoms with Crippen LogP contribution in [0.4, 0.5) is 0 Å². The Bertz CT molecular complexity index is 1040. The summed E-state index contributed by atoms with van der Waals surface area (Å²) in [5.74, 6) is 0.00731. The molecule has 1 saturated carbocycles. The molecule has 4 rings (SSSR count). The lowest BCUT2D eigenvalue weighted by Gasteiger charge is -2.38. The number of amides is 1. The number of carbonyl (C=O) groups excluding carboxylic acids is 1. The second-order valence-corrected chi connectivity index (χ2v) is 10.8. The Morgan fingerprint density at radius 2 is 1.69 bits per heavy atom. The summed E-state index contributed by atoms with van der Waals surface area (Å²) in [6.07, 6.45) is 7.28. The van der Waals surface area contributed by atoms with E-state index >= 15 is 0 Å². The predicted molar refractivity (Wildman–Crippen MR) is 125 cm³/mol. The molecular formula is C25H32N2O4S. The van der Waals surface area contributed by atoms with Crippen LogP contribution in [0.5, 0.6) is 5.75 Å². The van der Waals surface area contributed by atoms with Gasteiger partial charge in [0, 0.05) is 30.6 Å². The van der Waals surface area contributed by atoms with Crippen LogP contribution in [0.15, 0.2) is 53.4 Å². The van der Waals surface area contributed by atoms with Crippen LogP contribution in [-0.2, 0) is 15.4 Å². The highest BCUT2D eigenvalue weighted by Crippen LogP contribution is 2.39. The number of rotatable bonds is 7. The molecular weight excluding hydrogens is 424 g/mol. The number of nitrogens with one attached hydrogen (secondary N) is 1. The van der Waals surface area contributed by atoms with Gasteiger partial charge in [0.15, 0.2) is 0 Å². The molecule has 6 nitrogen and oxygen atoms in total. The molecule has 172 valence electrons. The van der Waals surface area contributed by atoms with Crippen molar-refractivity contribution in [2.45, 2.75) is 55.3 Å². The van der Waals surface area contributed by atoms with Crippen molar-refractivity contribution < 1.29 is 17.9 Å². The zero-order valence-corrected chi connectivity index (χ0v) is 19.5. The summed E-state index contributed by atoms with van der Waals surface area (Å²) in [5.41, 5.74) is 1.51. The second kappa shape index (κ2) is 9.63. The van der Waals surface area contributed by atoms with Gasteiger partial charge in [-0.15, -0.1) is 0 Å². The molecule has 1 aliphatic carbocycles. The SMILES string of the molecule is COc1ccc(C(=O)NCC2(c3ccccc3)CCCCC2)cc1S(=O)(=O)N1CCCC1. The van der Waals surface area contributed by atoms with Crippen LogP contribution in [0.1, 0.15) is 60.9 Å². The highest BCUT2D eigenvalue weighted by atomic mass is 32.2. The average Bonchev–Trinajstić information content (AvgIpc) is 3.39. The van der Waals surface area contributed by atoms with Crippen molar-refractivity contribution in [1.29, 1.82) is 0 Å². The normalized spacial score (nSPS) is 18.9. The fourth-order valence-electron chi connectivity index (χ4n) is 5.03. The fraction of sp³-hybridized carbons (Fsp3) is 0.480. The van der Waals surface area contributed by atoms with E-state index in [2.05, 4.69) is 17.4 Å². The van der Waals surface area contributed by atoms with E-state index in [4.69, 9.17) is 4.74 Å². The summed E-state index contributed by atoms with van der Waals surface area (Å²) in [4.78, 5) is 13.2. The molecule has 1 N–H and O–H groups in total. The van der Waals surface area contributed by atoms with Crippen LogP contribution in [0.2, 0.25) is 0 Å². The van der Waals surface area contributed by atoms with Crippen LogP contribution in [0, 0.1) is 0 Å².